The summed E-state index contributed by atoms with van der Waals surface area (Å²) in [4.78, 5) is 11.9. The number of hydrogen-bond donors (Lipinski definition) is 3. The van der Waals surface area contributed by atoms with Crippen molar-refractivity contribution < 1.29 is 31.1 Å². The minimum absolute atomic E-state index is 0.000133. The predicted molar refractivity (Wildman–Crippen MR) is 78.8 cm³/mol. The lowest BCUT2D eigenvalue weighted by atomic mass is 9.91. The summed E-state index contributed by atoms with van der Waals surface area (Å²) in [5.74, 6) is 0. The van der Waals surface area contributed by atoms with Crippen LogP contribution >= 0.6 is 0 Å². The van der Waals surface area contributed by atoms with Crippen LogP contribution in [0.15, 0.2) is 18.2 Å². The summed E-state index contributed by atoms with van der Waals surface area (Å²) < 4.78 is 76.7. The Kier molecular flexibility index (Phi) is 5.50. The second-order valence-electron chi connectivity index (χ2n) is 5.95. The van der Waals surface area contributed by atoms with Crippen molar-refractivity contribution in [1.29, 1.82) is 0 Å². The zero-order valence-corrected chi connectivity index (χ0v) is 13.0. The van der Waals surface area contributed by atoms with Crippen molar-refractivity contribution in [3.8, 4) is 0 Å². The van der Waals surface area contributed by atoms with Crippen molar-refractivity contribution in [2.45, 2.75) is 50.1 Å². The van der Waals surface area contributed by atoms with Crippen molar-refractivity contribution in [2.24, 2.45) is 5.73 Å². The predicted octanol–water partition coefficient (Wildman–Crippen LogP) is 4.12. The van der Waals surface area contributed by atoms with E-state index >= 15 is 0 Å². The Morgan fingerprint density at radius 2 is 1.48 bits per heavy atom. The zero-order valence-electron chi connectivity index (χ0n) is 13.0. The van der Waals surface area contributed by atoms with E-state index in [0.29, 0.717) is 25.0 Å². The summed E-state index contributed by atoms with van der Waals surface area (Å²) in [7, 11) is 0. The number of carbonyl (C=O) groups excluding carboxylic acids is 1. The Morgan fingerprint density at radius 3 is 1.96 bits per heavy atom. The molecule has 0 bridgehead atoms. The van der Waals surface area contributed by atoms with E-state index in [4.69, 9.17) is 5.73 Å². The van der Waals surface area contributed by atoms with E-state index in [2.05, 4.69) is 5.32 Å². The SMILES string of the molecule is N[C@H]1CCCC[C@@H]1NC(=O)Nc1cc(C(F)(F)F)cc(C(F)(F)F)c1. The summed E-state index contributed by atoms with van der Waals surface area (Å²) in [5.41, 5.74) is 2.26. The van der Waals surface area contributed by atoms with Gasteiger partial charge in [-0.15, -0.1) is 0 Å². The highest BCUT2D eigenvalue weighted by Gasteiger charge is 2.37. The van der Waals surface area contributed by atoms with E-state index in [0.717, 1.165) is 12.8 Å². The largest absolute Gasteiger partial charge is 0.416 e. The summed E-state index contributed by atoms with van der Waals surface area (Å²) in [5, 5.41) is 4.53. The van der Waals surface area contributed by atoms with Gasteiger partial charge in [-0.3, -0.25) is 0 Å². The van der Waals surface area contributed by atoms with E-state index in [1.165, 1.54) is 0 Å². The summed E-state index contributed by atoms with van der Waals surface area (Å²) in [6, 6.07) is -0.658. The van der Waals surface area contributed by atoms with Crippen LogP contribution in [0.3, 0.4) is 0 Å². The number of anilines is 1. The Bertz CT molecular complexity index is 596. The normalized spacial score (nSPS) is 21.7. The number of alkyl halides is 6. The topological polar surface area (TPSA) is 67.1 Å². The van der Waals surface area contributed by atoms with Crippen LogP contribution in [-0.2, 0) is 12.4 Å². The first-order chi connectivity index (χ1) is 11.5. The highest BCUT2D eigenvalue weighted by Crippen LogP contribution is 2.37. The second-order valence-corrected chi connectivity index (χ2v) is 5.95. The zero-order chi connectivity index (χ0) is 18.8. The monoisotopic (exact) mass is 369 g/mol. The number of nitrogens with two attached hydrogens (primary N) is 1. The minimum atomic E-state index is -4.97. The first kappa shape index (κ1) is 19.4. The molecule has 0 spiro atoms. The van der Waals surface area contributed by atoms with E-state index in [9.17, 15) is 31.1 Å². The molecule has 0 unspecified atom stereocenters. The molecule has 1 aliphatic rings. The molecule has 1 fully saturated rings. The molecule has 0 aromatic heterocycles. The second kappa shape index (κ2) is 7.11. The average Bonchev–Trinajstić information content (AvgIpc) is 2.47. The van der Waals surface area contributed by atoms with Crippen LogP contribution in [0.1, 0.15) is 36.8 Å². The van der Waals surface area contributed by atoms with Crippen LogP contribution in [0, 0.1) is 0 Å². The Hall–Kier alpha value is -1.97. The molecule has 0 aliphatic heterocycles. The van der Waals surface area contributed by atoms with Crippen LogP contribution < -0.4 is 16.4 Å². The molecular weight excluding hydrogens is 352 g/mol. The first-order valence-electron chi connectivity index (χ1n) is 7.59. The van der Waals surface area contributed by atoms with Gasteiger partial charge in [-0.05, 0) is 31.0 Å². The number of halogens is 6. The molecule has 1 aromatic rings. The van der Waals surface area contributed by atoms with Crippen LogP contribution in [-0.4, -0.2) is 18.1 Å². The van der Waals surface area contributed by atoms with Gasteiger partial charge in [0.15, 0.2) is 0 Å². The molecule has 2 atom stereocenters. The van der Waals surface area contributed by atoms with Gasteiger partial charge in [0.1, 0.15) is 0 Å². The highest BCUT2D eigenvalue weighted by molar-refractivity contribution is 5.89. The lowest BCUT2D eigenvalue weighted by Crippen LogP contribution is -2.50. The van der Waals surface area contributed by atoms with Gasteiger partial charge in [0.2, 0.25) is 0 Å². The number of urea groups is 1. The van der Waals surface area contributed by atoms with Crippen LogP contribution in [0.5, 0.6) is 0 Å². The van der Waals surface area contributed by atoms with Gasteiger partial charge in [-0.2, -0.15) is 26.3 Å². The van der Waals surface area contributed by atoms with E-state index < -0.39 is 35.2 Å². The van der Waals surface area contributed by atoms with Gasteiger partial charge in [0.05, 0.1) is 11.1 Å². The number of hydrogen-bond acceptors (Lipinski definition) is 2. The van der Waals surface area contributed by atoms with E-state index in [1.54, 1.807) is 0 Å². The number of rotatable bonds is 2. The Labute approximate surface area is 139 Å². The molecule has 0 saturated heterocycles. The molecule has 0 radical (unpaired) electrons. The van der Waals surface area contributed by atoms with E-state index in [-0.39, 0.29) is 18.2 Å². The lowest BCUT2D eigenvalue weighted by Gasteiger charge is -2.29. The van der Waals surface area contributed by atoms with E-state index in [1.807, 2.05) is 5.32 Å². The molecule has 25 heavy (non-hydrogen) atoms. The van der Waals surface area contributed by atoms with Gasteiger partial charge < -0.3 is 16.4 Å². The van der Waals surface area contributed by atoms with Gasteiger partial charge in [0.25, 0.3) is 0 Å². The average molecular weight is 369 g/mol. The number of carbonyl (C=O) groups is 1. The highest BCUT2D eigenvalue weighted by atomic mass is 19.4. The molecule has 0 heterocycles. The maximum Gasteiger partial charge on any atom is 0.416 e. The van der Waals surface area contributed by atoms with Crippen molar-refractivity contribution in [1.82, 2.24) is 5.32 Å². The van der Waals surface area contributed by atoms with Gasteiger partial charge in [0, 0.05) is 17.8 Å². The summed E-state index contributed by atoms with van der Waals surface area (Å²) in [6.07, 6.45) is -6.92. The standard InChI is InChI=1S/C15H17F6N3O/c16-14(17,18)8-5-9(15(19,20)21)7-10(6-8)23-13(25)24-12-4-2-1-3-11(12)22/h5-7,11-12H,1-4,22H2,(H2,23,24,25)/t11-,12-/m0/s1. The molecule has 4 nitrogen and oxygen atoms in total. The van der Waals surface area contributed by atoms with Crippen molar-refractivity contribution in [3.05, 3.63) is 29.3 Å². The fraction of sp³-hybridized carbons (Fsp3) is 0.533. The fourth-order valence-electron chi connectivity index (χ4n) is 2.70. The van der Waals surface area contributed by atoms with Gasteiger partial charge >= 0.3 is 18.4 Å². The Morgan fingerprint density at radius 1 is 0.960 bits per heavy atom. The van der Waals surface area contributed by atoms with Crippen LogP contribution in [0.2, 0.25) is 0 Å². The fourth-order valence-corrected chi connectivity index (χ4v) is 2.70. The van der Waals surface area contributed by atoms with Gasteiger partial charge in [-0.25, -0.2) is 4.79 Å². The van der Waals surface area contributed by atoms with Crippen molar-refractivity contribution in [2.75, 3.05) is 5.32 Å². The van der Waals surface area contributed by atoms with Crippen molar-refractivity contribution >= 4 is 11.7 Å². The Balaban J connectivity index is 2.18. The quantitative estimate of drug-likeness (QED) is 0.687. The molecule has 4 N–H and O–H groups in total. The molecule has 10 heteroatoms. The van der Waals surface area contributed by atoms with Gasteiger partial charge in [-0.1, -0.05) is 12.8 Å². The smallest absolute Gasteiger partial charge is 0.334 e. The minimum Gasteiger partial charge on any atom is -0.334 e. The van der Waals surface area contributed by atoms with Crippen molar-refractivity contribution in [3.63, 3.8) is 0 Å². The molecular formula is C15H17F6N3O. The van der Waals surface area contributed by atoms with Crippen LogP contribution in [0.4, 0.5) is 36.8 Å². The summed E-state index contributed by atoms with van der Waals surface area (Å²) in [6.45, 7) is 0. The maximum atomic E-state index is 12.8. The third-order valence-corrected chi connectivity index (χ3v) is 3.98. The lowest BCUT2D eigenvalue weighted by molar-refractivity contribution is -0.143. The number of benzene rings is 1. The third kappa shape index (κ3) is 5.25. The third-order valence-electron chi connectivity index (χ3n) is 3.98. The first-order valence-corrected chi connectivity index (χ1v) is 7.59. The molecule has 2 amide bonds. The maximum absolute atomic E-state index is 12.8. The summed E-state index contributed by atoms with van der Waals surface area (Å²) >= 11 is 0. The molecule has 1 aliphatic carbocycles. The van der Waals surface area contributed by atoms with Crippen LogP contribution in [0.25, 0.3) is 0 Å². The number of nitrogens with one attached hydrogen (secondary N) is 2. The molecule has 140 valence electrons. The molecule has 1 saturated carbocycles. The number of amides is 2. The molecule has 1 aromatic carbocycles. The molecule has 2 rings (SSSR count).